The number of hydrogen-bond donors (Lipinski definition) is 1. The summed E-state index contributed by atoms with van der Waals surface area (Å²) in [5.41, 5.74) is 2.40. The molecule has 0 unspecified atom stereocenters. The predicted molar refractivity (Wildman–Crippen MR) is 136 cm³/mol. The Bertz CT molecular complexity index is 1170. The van der Waals surface area contributed by atoms with Crippen molar-refractivity contribution in [3.05, 3.63) is 106 Å². The van der Waals surface area contributed by atoms with Crippen LogP contribution in [-0.4, -0.2) is 31.7 Å². The molecule has 178 valence electrons. The number of rotatable bonds is 7. The van der Waals surface area contributed by atoms with Crippen molar-refractivity contribution in [1.29, 1.82) is 0 Å². The van der Waals surface area contributed by atoms with Crippen molar-refractivity contribution in [3.63, 3.8) is 0 Å². The number of piperidine rings is 1. The van der Waals surface area contributed by atoms with Gasteiger partial charge in [-0.15, -0.1) is 0 Å². The maximum Gasteiger partial charge on any atom is 0.223 e. The molecule has 1 fully saturated rings. The standard InChI is InChI=1S/C26H26Cl2N2O3S/c27-23-12-7-13-24(28)22(23)18-34(32,33)30-16-14-21(15-17-30)26(31)29-25(19-8-3-1-4-9-19)20-10-5-2-6-11-20/h1-13,21,25H,14-18H2,(H,29,31). The summed E-state index contributed by atoms with van der Waals surface area (Å²) in [6, 6.07) is 24.3. The van der Waals surface area contributed by atoms with Gasteiger partial charge in [-0.25, -0.2) is 12.7 Å². The lowest BCUT2D eigenvalue weighted by atomic mass is 9.94. The van der Waals surface area contributed by atoms with Crippen molar-refractivity contribution in [2.75, 3.05) is 13.1 Å². The first kappa shape index (κ1) is 24.7. The third-order valence-corrected chi connectivity index (χ3v) is 8.67. The molecule has 0 spiro atoms. The fourth-order valence-electron chi connectivity index (χ4n) is 4.25. The average molecular weight is 517 g/mol. The van der Waals surface area contributed by atoms with Crippen LogP contribution in [0.1, 0.15) is 35.6 Å². The van der Waals surface area contributed by atoms with Gasteiger partial charge in [0.25, 0.3) is 0 Å². The molecule has 5 nitrogen and oxygen atoms in total. The molecule has 0 bridgehead atoms. The highest BCUT2D eigenvalue weighted by Gasteiger charge is 2.33. The summed E-state index contributed by atoms with van der Waals surface area (Å²) < 4.78 is 27.4. The van der Waals surface area contributed by atoms with E-state index in [9.17, 15) is 13.2 Å². The molecule has 1 aliphatic rings. The van der Waals surface area contributed by atoms with Gasteiger partial charge in [0, 0.05) is 34.6 Å². The van der Waals surface area contributed by atoms with Crippen LogP contribution in [0.2, 0.25) is 10.0 Å². The topological polar surface area (TPSA) is 66.5 Å². The normalized spacial score (nSPS) is 15.4. The molecule has 1 saturated heterocycles. The first-order valence-electron chi connectivity index (χ1n) is 11.2. The zero-order valence-electron chi connectivity index (χ0n) is 18.5. The number of nitrogens with one attached hydrogen (secondary N) is 1. The van der Waals surface area contributed by atoms with Crippen LogP contribution in [0.5, 0.6) is 0 Å². The molecule has 34 heavy (non-hydrogen) atoms. The second-order valence-corrected chi connectivity index (χ2v) is 11.2. The number of benzene rings is 3. The van der Waals surface area contributed by atoms with E-state index >= 15 is 0 Å². The zero-order chi connectivity index (χ0) is 24.1. The number of carbonyl (C=O) groups excluding carboxylic acids is 1. The van der Waals surface area contributed by atoms with Gasteiger partial charge in [0.05, 0.1) is 11.8 Å². The molecule has 1 N–H and O–H groups in total. The molecule has 1 heterocycles. The summed E-state index contributed by atoms with van der Waals surface area (Å²) in [5, 5.41) is 3.85. The molecule has 8 heteroatoms. The predicted octanol–water partition coefficient (Wildman–Crippen LogP) is 5.44. The van der Waals surface area contributed by atoms with E-state index in [4.69, 9.17) is 23.2 Å². The Kier molecular flexibility index (Phi) is 7.94. The quantitative estimate of drug-likeness (QED) is 0.454. The average Bonchev–Trinajstić information content (AvgIpc) is 2.86. The van der Waals surface area contributed by atoms with Gasteiger partial charge in [-0.2, -0.15) is 0 Å². The minimum Gasteiger partial charge on any atom is -0.345 e. The van der Waals surface area contributed by atoms with Crippen LogP contribution < -0.4 is 5.32 Å². The number of amides is 1. The second kappa shape index (κ2) is 10.9. The van der Waals surface area contributed by atoms with Crippen LogP contribution in [-0.2, 0) is 20.6 Å². The highest BCUT2D eigenvalue weighted by Crippen LogP contribution is 2.29. The van der Waals surface area contributed by atoms with Crippen LogP contribution in [0.15, 0.2) is 78.9 Å². The van der Waals surface area contributed by atoms with Gasteiger partial charge in [-0.05, 0) is 36.1 Å². The first-order valence-corrected chi connectivity index (χ1v) is 13.5. The van der Waals surface area contributed by atoms with Crippen molar-refractivity contribution < 1.29 is 13.2 Å². The van der Waals surface area contributed by atoms with Gasteiger partial charge >= 0.3 is 0 Å². The second-order valence-electron chi connectivity index (χ2n) is 8.39. The van der Waals surface area contributed by atoms with Gasteiger partial charge in [-0.3, -0.25) is 4.79 Å². The zero-order valence-corrected chi connectivity index (χ0v) is 20.9. The Morgan fingerprint density at radius 3 is 1.85 bits per heavy atom. The summed E-state index contributed by atoms with van der Waals surface area (Å²) in [7, 11) is -3.61. The van der Waals surface area contributed by atoms with Crippen molar-refractivity contribution >= 4 is 39.1 Å². The van der Waals surface area contributed by atoms with Gasteiger partial charge in [0.1, 0.15) is 0 Å². The summed E-state index contributed by atoms with van der Waals surface area (Å²) in [5.74, 6) is -0.582. The largest absolute Gasteiger partial charge is 0.345 e. The molecule has 4 rings (SSSR count). The Labute approximate surface area is 210 Å². The molecule has 0 aromatic heterocycles. The van der Waals surface area contributed by atoms with E-state index in [1.807, 2.05) is 60.7 Å². The lowest BCUT2D eigenvalue weighted by Crippen LogP contribution is -2.44. The molecule has 0 aliphatic carbocycles. The fourth-order valence-corrected chi connectivity index (χ4v) is 6.57. The van der Waals surface area contributed by atoms with Gasteiger partial charge in [0.15, 0.2) is 0 Å². The third-order valence-electron chi connectivity index (χ3n) is 6.16. The SMILES string of the molecule is O=C(NC(c1ccccc1)c1ccccc1)C1CCN(S(=O)(=O)Cc2c(Cl)cccc2Cl)CC1. The van der Waals surface area contributed by atoms with Crippen LogP contribution in [0.3, 0.4) is 0 Å². The minimum atomic E-state index is -3.61. The van der Waals surface area contributed by atoms with E-state index in [2.05, 4.69) is 5.32 Å². The molecule has 3 aromatic rings. The maximum absolute atomic E-state index is 13.2. The fraction of sp³-hybridized carbons (Fsp3) is 0.269. The molecule has 0 saturated carbocycles. The molecule has 0 radical (unpaired) electrons. The van der Waals surface area contributed by atoms with Gasteiger partial charge < -0.3 is 5.32 Å². The molecule has 1 amide bonds. The van der Waals surface area contributed by atoms with E-state index in [-0.39, 0.29) is 36.7 Å². The Morgan fingerprint density at radius 2 is 1.35 bits per heavy atom. The lowest BCUT2D eigenvalue weighted by Gasteiger charge is -2.32. The van der Waals surface area contributed by atoms with Gasteiger partial charge in [-0.1, -0.05) is 89.9 Å². The van der Waals surface area contributed by atoms with E-state index in [0.717, 1.165) is 11.1 Å². The molecular weight excluding hydrogens is 491 g/mol. The molecule has 0 atom stereocenters. The van der Waals surface area contributed by atoms with Crippen molar-refractivity contribution in [3.8, 4) is 0 Å². The number of hydrogen-bond acceptors (Lipinski definition) is 3. The molecule has 1 aliphatic heterocycles. The highest BCUT2D eigenvalue weighted by atomic mass is 35.5. The Balaban J connectivity index is 1.42. The van der Waals surface area contributed by atoms with Crippen molar-refractivity contribution in [2.24, 2.45) is 5.92 Å². The smallest absolute Gasteiger partial charge is 0.223 e. The third kappa shape index (κ3) is 5.81. The summed E-state index contributed by atoms with van der Waals surface area (Å²) >= 11 is 12.3. The summed E-state index contributed by atoms with van der Waals surface area (Å²) in [6.07, 6.45) is 0.912. The lowest BCUT2D eigenvalue weighted by molar-refractivity contribution is -0.126. The maximum atomic E-state index is 13.2. The monoisotopic (exact) mass is 516 g/mol. The minimum absolute atomic E-state index is 0.0658. The Hall–Kier alpha value is -2.38. The van der Waals surface area contributed by atoms with E-state index < -0.39 is 10.0 Å². The van der Waals surface area contributed by atoms with Crippen LogP contribution >= 0.6 is 23.2 Å². The molecular formula is C26H26Cl2N2O3S. The Morgan fingerprint density at radius 1 is 0.853 bits per heavy atom. The first-order chi connectivity index (χ1) is 16.3. The van der Waals surface area contributed by atoms with Crippen molar-refractivity contribution in [1.82, 2.24) is 9.62 Å². The van der Waals surface area contributed by atoms with E-state index in [0.29, 0.717) is 28.5 Å². The highest BCUT2D eigenvalue weighted by molar-refractivity contribution is 7.88. The summed E-state index contributed by atoms with van der Waals surface area (Å²) in [4.78, 5) is 13.2. The van der Waals surface area contributed by atoms with Crippen molar-refractivity contribution in [2.45, 2.75) is 24.6 Å². The summed E-state index contributed by atoms with van der Waals surface area (Å²) in [6.45, 7) is 0.563. The van der Waals surface area contributed by atoms with E-state index in [1.165, 1.54) is 4.31 Å². The van der Waals surface area contributed by atoms with Crippen LogP contribution in [0.25, 0.3) is 0 Å². The molecule has 3 aromatic carbocycles. The number of sulfonamides is 1. The van der Waals surface area contributed by atoms with E-state index in [1.54, 1.807) is 18.2 Å². The number of nitrogens with zero attached hydrogens (tertiary/aromatic N) is 1. The number of halogens is 2. The van der Waals surface area contributed by atoms with Crippen LogP contribution in [0, 0.1) is 5.92 Å². The van der Waals surface area contributed by atoms with Gasteiger partial charge in [0.2, 0.25) is 15.9 Å². The van der Waals surface area contributed by atoms with Crippen LogP contribution in [0.4, 0.5) is 0 Å². The number of carbonyl (C=O) groups is 1.